The van der Waals surface area contributed by atoms with Gasteiger partial charge in [0, 0.05) is 16.5 Å². The molecular weight excluding hydrogens is 250 g/mol. The summed E-state index contributed by atoms with van der Waals surface area (Å²) < 4.78 is 5.78. The second-order valence-electron chi connectivity index (χ2n) is 4.77. The standard InChI is InChI=1S/C14H14ClNO2/c15-10-7-12-11(3-4-14(17)16-12)13(8-10)18-6-5-9-1-2-9/h3-4,7-9H,1-2,5-6H2,(H,16,17). The predicted molar refractivity (Wildman–Crippen MR) is 72.4 cm³/mol. The number of pyridine rings is 1. The second kappa shape index (κ2) is 4.65. The number of ether oxygens (including phenoxy) is 1. The molecule has 0 spiro atoms. The number of rotatable bonds is 4. The van der Waals surface area contributed by atoms with Crippen molar-refractivity contribution in [3.63, 3.8) is 0 Å². The van der Waals surface area contributed by atoms with Crippen molar-refractivity contribution in [1.82, 2.24) is 4.98 Å². The Morgan fingerprint density at radius 1 is 1.33 bits per heavy atom. The number of H-pyrrole nitrogens is 1. The highest BCUT2D eigenvalue weighted by molar-refractivity contribution is 6.31. The Morgan fingerprint density at radius 2 is 2.17 bits per heavy atom. The first kappa shape index (κ1) is 11.6. The van der Waals surface area contributed by atoms with E-state index in [-0.39, 0.29) is 5.56 Å². The molecule has 0 saturated heterocycles. The topological polar surface area (TPSA) is 42.1 Å². The minimum atomic E-state index is -0.131. The molecule has 1 aliphatic carbocycles. The number of halogens is 1. The number of aromatic nitrogens is 1. The molecule has 3 rings (SSSR count). The number of fused-ring (bicyclic) bond motifs is 1. The first-order chi connectivity index (χ1) is 8.72. The summed E-state index contributed by atoms with van der Waals surface area (Å²) >= 11 is 6.03. The van der Waals surface area contributed by atoms with Gasteiger partial charge in [-0.3, -0.25) is 4.79 Å². The Bertz CT molecular complexity index is 631. The fourth-order valence-electron chi connectivity index (χ4n) is 2.06. The molecule has 4 heteroatoms. The van der Waals surface area contributed by atoms with Gasteiger partial charge in [-0.15, -0.1) is 0 Å². The maximum absolute atomic E-state index is 11.3. The maximum Gasteiger partial charge on any atom is 0.248 e. The Balaban J connectivity index is 1.90. The third kappa shape index (κ3) is 2.51. The molecule has 3 nitrogen and oxygen atoms in total. The Hall–Kier alpha value is -1.48. The van der Waals surface area contributed by atoms with Crippen molar-refractivity contribution < 1.29 is 4.74 Å². The summed E-state index contributed by atoms with van der Waals surface area (Å²) in [5.41, 5.74) is 0.588. The molecule has 0 bridgehead atoms. The number of hydrogen-bond donors (Lipinski definition) is 1. The van der Waals surface area contributed by atoms with E-state index >= 15 is 0 Å². The molecule has 0 radical (unpaired) electrons. The summed E-state index contributed by atoms with van der Waals surface area (Å²) in [5.74, 6) is 1.59. The van der Waals surface area contributed by atoms with Crippen molar-refractivity contribution in [2.75, 3.05) is 6.61 Å². The summed E-state index contributed by atoms with van der Waals surface area (Å²) in [5, 5.41) is 1.47. The van der Waals surface area contributed by atoms with Gasteiger partial charge < -0.3 is 9.72 Å². The van der Waals surface area contributed by atoms with Gasteiger partial charge >= 0.3 is 0 Å². The van der Waals surface area contributed by atoms with Crippen molar-refractivity contribution >= 4 is 22.5 Å². The lowest BCUT2D eigenvalue weighted by Gasteiger charge is -2.09. The molecule has 1 N–H and O–H groups in total. The first-order valence-electron chi connectivity index (χ1n) is 6.18. The third-order valence-electron chi connectivity index (χ3n) is 3.25. The zero-order valence-electron chi connectivity index (χ0n) is 9.91. The molecule has 94 valence electrons. The molecule has 1 aromatic carbocycles. The van der Waals surface area contributed by atoms with Crippen molar-refractivity contribution in [3.8, 4) is 5.75 Å². The number of benzene rings is 1. The fraction of sp³-hybridized carbons (Fsp3) is 0.357. The lowest BCUT2D eigenvalue weighted by Crippen LogP contribution is -2.04. The SMILES string of the molecule is O=c1ccc2c(OCCC3CC3)cc(Cl)cc2[nH]1. The Kier molecular flexibility index (Phi) is 3.00. The Labute approximate surface area is 110 Å². The average molecular weight is 264 g/mol. The molecule has 1 aromatic heterocycles. The average Bonchev–Trinajstić information content (AvgIpc) is 3.12. The van der Waals surface area contributed by atoms with Crippen LogP contribution in [-0.2, 0) is 0 Å². The van der Waals surface area contributed by atoms with Crippen LogP contribution in [0.3, 0.4) is 0 Å². The van der Waals surface area contributed by atoms with E-state index in [2.05, 4.69) is 4.98 Å². The molecule has 0 aliphatic heterocycles. The summed E-state index contributed by atoms with van der Waals surface area (Å²) in [7, 11) is 0. The van der Waals surface area contributed by atoms with Gasteiger partial charge in [0.05, 0.1) is 12.1 Å². The van der Waals surface area contributed by atoms with E-state index < -0.39 is 0 Å². The lowest BCUT2D eigenvalue weighted by atomic mass is 10.2. The van der Waals surface area contributed by atoms with Crippen LogP contribution in [0.1, 0.15) is 19.3 Å². The van der Waals surface area contributed by atoms with Crippen molar-refractivity contribution in [2.45, 2.75) is 19.3 Å². The molecule has 0 unspecified atom stereocenters. The minimum Gasteiger partial charge on any atom is -0.493 e. The summed E-state index contributed by atoms with van der Waals surface area (Å²) in [6.45, 7) is 0.708. The van der Waals surface area contributed by atoms with Crippen LogP contribution in [0.25, 0.3) is 10.9 Å². The summed E-state index contributed by atoms with van der Waals surface area (Å²) in [4.78, 5) is 14.0. The largest absolute Gasteiger partial charge is 0.493 e. The van der Waals surface area contributed by atoms with Crippen LogP contribution in [-0.4, -0.2) is 11.6 Å². The minimum absolute atomic E-state index is 0.131. The van der Waals surface area contributed by atoms with Crippen molar-refractivity contribution in [2.24, 2.45) is 5.92 Å². The van der Waals surface area contributed by atoms with Gasteiger partial charge in [0.2, 0.25) is 5.56 Å². The normalized spacial score (nSPS) is 14.9. The van der Waals surface area contributed by atoms with Crippen LogP contribution in [0.2, 0.25) is 5.02 Å². The van der Waals surface area contributed by atoms with Crippen LogP contribution >= 0.6 is 11.6 Å². The summed E-state index contributed by atoms with van der Waals surface area (Å²) in [6.07, 6.45) is 3.75. The van der Waals surface area contributed by atoms with E-state index in [4.69, 9.17) is 16.3 Å². The van der Waals surface area contributed by atoms with Gasteiger partial charge in [0.25, 0.3) is 0 Å². The molecule has 0 atom stereocenters. The first-order valence-corrected chi connectivity index (χ1v) is 6.55. The highest BCUT2D eigenvalue weighted by Gasteiger charge is 2.20. The van der Waals surface area contributed by atoms with Crippen LogP contribution < -0.4 is 10.3 Å². The smallest absolute Gasteiger partial charge is 0.248 e. The third-order valence-corrected chi connectivity index (χ3v) is 3.46. The van der Waals surface area contributed by atoms with E-state index in [1.54, 1.807) is 18.2 Å². The van der Waals surface area contributed by atoms with E-state index in [1.807, 2.05) is 0 Å². The molecular formula is C14H14ClNO2. The summed E-state index contributed by atoms with van der Waals surface area (Å²) in [6, 6.07) is 6.82. The van der Waals surface area contributed by atoms with E-state index in [0.29, 0.717) is 11.6 Å². The monoisotopic (exact) mass is 263 g/mol. The van der Waals surface area contributed by atoms with Gasteiger partial charge in [-0.05, 0) is 30.5 Å². The quantitative estimate of drug-likeness (QED) is 0.919. The molecule has 1 saturated carbocycles. The fourth-order valence-corrected chi connectivity index (χ4v) is 2.27. The van der Waals surface area contributed by atoms with Crippen molar-refractivity contribution in [1.29, 1.82) is 0 Å². The predicted octanol–water partition coefficient (Wildman–Crippen LogP) is 3.36. The van der Waals surface area contributed by atoms with Crippen LogP contribution in [0.15, 0.2) is 29.1 Å². The van der Waals surface area contributed by atoms with Crippen molar-refractivity contribution in [3.05, 3.63) is 39.6 Å². The zero-order valence-corrected chi connectivity index (χ0v) is 10.7. The number of aromatic amines is 1. The number of hydrogen-bond acceptors (Lipinski definition) is 2. The second-order valence-corrected chi connectivity index (χ2v) is 5.20. The van der Waals surface area contributed by atoms with Crippen LogP contribution in [0.5, 0.6) is 5.75 Å². The molecule has 1 fully saturated rings. The highest BCUT2D eigenvalue weighted by atomic mass is 35.5. The van der Waals surface area contributed by atoms with Gasteiger partial charge in [0.15, 0.2) is 0 Å². The lowest BCUT2D eigenvalue weighted by molar-refractivity contribution is 0.306. The molecule has 0 amide bonds. The van der Waals surface area contributed by atoms with E-state index in [1.165, 1.54) is 18.9 Å². The van der Waals surface area contributed by atoms with Crippen LogP contribution in [0, 0.1) is 5.92 Å². The van der Waals surface area contributed by atoms with Gasteiger partial charge in [-0.2, -0.15) is 0 Å². The van der Waals surface area contributed by atoms with E-state index in [0.717, 1.165) is 29.0 Å². The van der Waals surface area contributed by atoms with Gasteiger partial charge in [0.1, 0.15) is 5.75 Å². The molecule has 1 aliphatic rings. The van der Waals surface area contributed by atoms with Crippen LogP contribution in [0.4, 0.5) is 0 Å². The Morgan fingerprint density at radius 3 is 2.94 bits per heavy atom. The molecule has 18 heavy (non-hydrogen) atoms. The molecule has 2 aromatic rings. The van der Waals surface area contributed by atoms with Gasteiger partial charge in [-0.25, -0.2) is 0 Å². The van der Waals surface area contributed by atoms with Gasteiger partial charge in [-0.1, -0.05) is 24.4 Å². The molecule has 1 heterocycles. The zero-order chi connectivity index (χ0) is 12.5. The number of nitrogens with one attached hydrogen (secondary N) is 1. The van der Waals surface area contributed by atoms with E-state index in [9.17, 15) is 4.79 Å². The maximum atomic E-state index is 11.3. The highest BCUT2D eigenvalue weighted by Crippen LogP contribution is 2.33.